The Kier molecular flexibility index (Phi) is 3.57. The van der Waals surface area contributed by atoms with Gasteiger partial charge in [0.2, 0.25) is 0 Å². The van der Waals surface area contributed by atoms with E-state index in [0.717, 1.165) is 16.9 Å². The number of amidine groups is 1. The summed E-state index contributed by atoms with van der Waals surface area (Å²) in [6.07, 6.45) is 1.62. The molecule has 0 amide bonds. The first kappa shape index (κ1) is 12.1. The molecule has 3 N–H and O–H groups in total. The molecule has 2 aromatic rings. The fourth-order valence-electron chi connectivity index (χ4n) is 1.67. The summed E-state index contributed by atoms with van der Waals surface area (Å²) in [5, 5.41) is 7.46. The summed E-state index contributed by atoms with van der Waals surface area (Å²) in [6.45, 7) is 2.35. The molecule has 2 rings (SSSR count). The Morgan fingerprint density at radius 2 is 2.06 bits per heavy atom. The van der Waals surface area contributed by atoms with E-state index in [4.69, 9.17) is 15.9 Å². The van der Waals surface area contributed by atoms with E-state index in [-0.39, 0.29) is 5.84 Å². The molecule has 0 bridgehead atoms. The lowest BCUT2D eigenvalue weighted by molar-refractivity contribution is 0.303. The van der Waals surface area contributed by atoms with Gasteiger partial charge in [-0.15, -0.1) is 0 Å². The molecule has 0 atom stereocenters. The number of hydrogen-bond donors (Lipinski definition) is 2. The summed E-state index contributed by atoms with van der Waals surface area (Å²) in [7, 11) is 0. The van der Waals surface area contributed by atoms with Crippen molar-refractivity contribution in [3.05, 3.63) is 59.4 Å². The van der Waals surface area contributed by atoms with Crippen molar-refractivity contribution in [3.8, 4) is 5.75 Å². The molecule has 0 aliphatic heterocycles. The van der Waals surface area contributed by atoms with Crippen LogP contribution in [-0.2, 0) is 6.61 Å². The third-order valence-corrected chi connectivity index (χ3v) is 2.62. The predicted molar refractivity (Wildman–Crippen MR) is 70.8 cm³/mol. The zero-order chi connectivity index (χ0) is 13.0. The Balaban J connectivity index is 2.16. The van der Waals surface area contributed by atoms with Crippen LogP contribution >= 0.6 is 0 Å². The van der Waals surface area contributed by atoms with E-state index in [1.165, 1.54) is 0 Å². The van der Waals surface area contributed by atoms with E-state index in [0.29, 0.717) is 12.3 Å². The normalized spacial score (nSPS) is 10.1. The van der Waals surface area contributed by atoms with Gasteiger partial charge in [-0.2, -0.15) is 0 Å². The van der Waals surface area contributed by atoms with Crippen molar-refractivity contribution >= 4 is 5.84 Å². The molecule has 0 fully saturated rings. The van der Waals surface area contributed by atoms with E-state index in [1.54, 1.807) is 6.20 Å². The van der Waals surface area contributed by atoms with Crippen molar-refractivity contribution in [2.24, 2.45) is 5.73 Å². The lowest BCUT2D eigenvalue weighted by Gasteiger charge is -2.10. The molecule has 92 valence electrons. The Morgan fingerprint density at radius 3 is 2.78 bits per heavy atom. The number of aromatic nitrogens is 1. The number of rotatable bonds is 4. The number of pyridine rings is 1. The summed E-state index contributed by atoms with van der Waals surface area (Å²) in [5.74, 6) is 0.787. The highest BCUT2D eigenvalue weighted by Crippen LogP contribution is 2.18. The van der Waals surface area contributed by atoms with E-state index in [2.05, 4.69) is 4.98 Å². The van der Waals surface area contributed by atoms with Crippen LogP contribution in [0, 0.1) is 12.3 Å². The number of nitrogens with one attached hydrogen (secondary N) is 1. The Labute approximate surface area is 106 Å². The standard InChI is InChI=1S/C14H15N3O/c1-10-5-2-3-7-12(10)18-9-11-6-4-8-17-13(11)14(15)16/h2-8H,9H2,1H3,(H3,15,16). The third-order valence-electron chi connectivity index (χ3n) is 2.62. The molecular formula is C14H15N3O. The van der Waals surface area contributed by atoms with Crippen molar-refractivity contribution in [3.63, 3.8) is 0 Å². The molecule has 0 unspecified atom stereocenters. The average Bonchev–Trinajstić information content (AvgIpc) is 2.38. The SMILES string of the molecule is Cc1ccccc1OCc1cccnc1C(=N)N. The third kappa shape index (κ3) is 2.66. The van der Waals surface area contributed by atoms with Crippen molar-refractivity contribution in [2.75, 3.05) is 0 Å². The van der Waals surface area contributed by atoms with E-state index in [1.807, 2.05) is 43.3 Å². The van der Waals surface area contributed by atoms with Gasteiger partial charge in [-0.3, -0.25) is 10.4 Å². The van der Waals surface area contributed by atoms with Crippen LogP contribution in [0.25, 0.3) is 0 Å². The molecule has 0 spiro atoms. The number of ether oxygens (including phenoxy) is 1. The number of nitrogen functional groups attached to an aromatic ring is 1. The van der Waals surface area contributed by atoms with Crippen molar-refractivity contribution in [1.29, 1.82) is 5.41 Å². The van der Waals surface area contributed by atoms with E-state index in [9.17, 15) is 0 Å². The van der Waals surface area contributed by atoms with Gasteiger partial charge in [-0.25, -0.2) is 0 Å². The van der Waals surface area contributed by atoms with Crippen molar-refractivity contribution < 1.29 is 4.74 Å². The van der Waals surface area contributed by atoms with Gasteiger partial charge >= 0.3 is 0 Å². The fraction of sp³-hybridized carbons (Fsp3) is 0.143. The number of hydrogen-bond acceptors (Lipinski definition) is 3. The second-order valence-corrected chi connectivity index (χ2v) is 3.98. The Bertz CT molecular complexity index is 566. The number of para-hydroxylation sites is 1. The maximum atomic E-state index is 7.46. The summed E-state index contributed by atoms with van der Waals surface area (Å²) in [6, 6.07) is 11.5. The first-order chi connectivity index (χ1) is 8.68. The molecule has 18 heavy (non-hydrogen) atoms. The van der Waals surface area contributed by atoms with Crippen LogP contribution in [-0.4, -0.2) is 10.8 Å². The van der Waals surface area contributed by atoms with Crippen LogP contribution in [0.1, 0.15) is 16.8 Å². The van der Waals surface area contributed by atoms with Gasteiger partial charge < -0.3 is 10.5 Å². The van der Waals surface area contributed by atoms with Crippen LogP contribution in [0.15, 0.2) is 42.6 Å². The smallest absolute Gasteiger partial charge is 0.142 e. The minimum Gasteiger partial charge on any atom is -0.489 e. The Hall–Kier alpha value is -2.36. The first-order valence-electron chi connectivity index (χ1n) is 5.65. The number of nitrogens with two attached hydrogens (primary N) is 1. The monoisotopic (exact) mass is 241 g/mol. The fourth-order valence-corrected chi connectivity index (χ4v) is 1.67. The molecule has 1 aromatic carbocycles. The van der Waals surface area contributed by atoms with Gasteiger partial charge in [-0.05, 0) is 24.6 Å². The summed E-state index contributed by atoms with van der Waals surface area (Å²) >= 11 is 0. The van der Waals surface area contributed by atoms with Gasteiger partial charge in [0.1, 0.15) is 23.9 Å². The van der Waals surface area contributed by atoms with Crippen molar-refractivity contribution in [2.45, 2.75) is 13.5 Å². The minimum atomic E-state index is -0.0426. The van der Waals surface area contributed by atoms with Gasteiger partial charge in [0, 0.05) is 11.8 Å². The van der Waals surface area contributed by atoms with Crippen LogP contribution in [0.2, 0.25) is 0 Å². The summed E-state index contributed by atoms with van der Waals surface area (Å²) in [5.41, 5.74) is 7.84. The lowest BCUT2D eigenvalue weighted by Crippen LogP contribution is -2.16. The largest absolute Gasteiger partial charge is 0.489 e. The van der Waals surface area contributed by atoms with E-state index < -0.39 is 0 Å². The molecule has 1 aromatic heterocycles. The second kappa shape index (κ2) is 5.31. The van der Waals surface area contributed by atoms with Crippen LogP contribution in [0.3, 0.4) is 0 Å². The molecule has 0 aliphatic rings. The van der Waals surface area contributed by atoms with Gasteiger partial charge in [-0.1, -0.05) is 24.3 Å². The molecule has 1 heterocycles. The molecular weight excluding hydrogens is 226 g/mol. The number of benzene rings is 1. The van der Waals surface area contributed by atoms with Crippen LogP contribution in [0.4, 0.5) is 0 Å². The van der Waals surface area contributed by atoms with Gasteiger partial charge in [0.05, 0.1) is 0 Å². The highest BCUT2D eigenvalue weighted by atomic mass is 16.5. The maximum Gasteiger partial charge on any atom is 0.142 e. The zero-order valence-corrected chi connectivity index (χ0v) is 10.2. The minimum absolute atomic E-state index is 0.0426. The highest BCUT2D eigenvalue weighted by Gasteiger charge is 2.07. The maximum absolute atomic E-state index is 7.46. The second-order valence-electron chi connectivity index (χ2n) is 3.98. The topological polar surface area (TPSA) is 72.0 Å². The summed E-state index contributed by atoms with van der Waals surface area (Å²) in [4.78, 5) is 4.08. The molecule has 0 radical (unpaired) electrons. The molecule has 0 saturated heterocycles. The van der Waals surface area contributed by atoms with Gasteiger partial charge in [0.25, 0.3) is 0 Å². The first-order valence-corrected chi connectivity index (χ1v) is 5.65. The highest BCUT2D eigenvalue weighted by molar-refractivity contribution is 5.94. The predicted octanol–water partition coefficient (Wildman–Crippen LogP) is 2.25. The average molecular weight is 241 g/mol. The summed E-state index contributed by atoms with van der Waals surface area (Å²) < 4.78 is 5.72. The number of aryl methyl sites for hydroxylation is 1. The van der Waals surface area contributed by atoms with Crippen LogP contribution in [0.5, 0.6) is 5.75 Å². The quantitative estimate of drug-likeness (QED) is 0.637. The van der Waals surface area contributed by atoms with Crippen molar-refractivity contribution in [1.82, 2.24) is 4.98 Å². The molecule has 4 heteroatoms. The molecule has 0 aliphatic carbocycles. The van der Waals surface area contributed by atoms with Crippen LogP contribution < -0.4 is 10.5 Å². The molecule has 0 saturated carbocycles. The Morgan fingerprint density at radius 1 is 1.28 bits per heavy atom. The van der Waals surface area contributed by atoms with Gasteiger partial charge in [0.15, 0.2) is 0 Å². The zero-order valence-electron chi connectivity index (χ0n) is 10.2. The van der Waals surface area contributed by atoms with E-state index >= 15 is 0 Å². The molecule has 4 nitrogen and oxygen atoms in total. The number of nitrogens with zero attached hydrogens (tertiary/aromatic N) is 1. The lowest BCUT2D eigenvalue weighted by atomic mass is 10.2.